The highest BCUT2D eigenvalue weighted by atomic mass is 16.5. The lowest BCUT2D eigenvalue weighted by molar-refractivity contribution is -0.146. The Balaban J connectivity index is 3.00. The number of methoxy groups -OCH3 is 1. The van der Waals surface area contributed by atoms with Crippen LogP contribution in [-0.4, -0.2) is 23.0 Å². The third kappa shape index (κ3) is 1.83. The number of aromatic nitrogens is 2. The summed E-state index contributed by atoms with van der Waals surface area (Å²) < 4.78 is 4.66. The zero-order chi connectivity index (χ0) is 9.90. The highest BCUT2D eigenvalue weighted by Crippen LogP contribution is 2.21. The molecular weight excluding hydrogens is 168 g/mol. The molecule has 1 rings (SSSR count). The number of carbonyl (C=O) groups is 1. The molecule has 0 saturated heterocycles. The fourth-order valence-corrected chi connectivity index (χ4v) is 0.982. The van der Waals surface area contributed by atoms with E-state index in [1.54, 1.807) is 32.4 Å². The SMILES string of the molecule is COC(=O)C(C)(C)c1cnccn1. The third-order valence-corrected chi connectivity index (χ3v) is 1.90. The first-order valence-corrected chi connectivity index (χ1v) is 3.94. The Labute approximate surface area is 77.0 Å². The summed E-state index contributed by atoms with van der Waals surface area (Å²) in [6.07, 6.45) is 4.69. The number of hydrogen-bond acceptors (Lipinski definition) is 4. The number of nitrogens with zero attached hydrogens (tertiary/aromatic N) is 2. The highest BCUT2D eigenvalue weighted by Gasteiger charge is 2.32. The molecule has 0 amide bonds. The van der Waals surface area contributed by atoms with E-state index < -0.39 is 5.41 Å². The van der Waals surface area contributed by atoms with Gasteiger partial charge in [0.15, 0.2) is 0 Å². The quantitative estimate of drug-likeness (QED) is 0.635. The van der Waals surface area contributed by atoms with Crippen LogP contribution in [0, 0.1) is 0 Å². The van der Waals surface area contributed by atoms with Crippen LogP contribution < -0.4 is 0 Å². The van der Waals surface area contributed by atoms with Crippen LogP contribution >= 0.6 is 0 Å². The molecule has 0 bridgehead atoms. The van der Waals surface area contributed by atoms with E-state index in [4.69, 9.17) is 0 Å². The molecule has 13 heavy (non-hydrogen) atoms. The van der Waals surface area contributed by atoms with E-state index in [-0.39, 0.29) is 5.97 Å². The smallest absolute Gasteiger partial charge is 0.317 e. The molecule has 0 unspecified atom stereocenters. The molecule has 70 valence electrons. The maximum absolute atomic E-state index is 11.3. The average Bonchev–Trinajstić information content (AvgIpc) is 2.18. The summed E-state index contributed by atoms with van der Waals surface area (Å²) in [6, 6.07) is 0. The Morgan fingerprint density at radius 3 is 2.62 bits per heavy atom. The lowest BCUT2D eigenvalue weighted by atomic mass is 9.90. The van der Waals surface area contributed by atoms with Crippen molar-refractivity contribution in [2.75, 3.05) is 7.11 Å². The van der Waals surface area contributed by atoms with Crippen molar-refractivity contribution < 1.29 is 9.53 Å². The predicted octanol–water partition coefficient (Wildman–Crippen LogP) is 0.927. The minimum atomic E-state index is -0.733. The van der Waals surface area contributed by atoms with Crippen molar-refractivity contribution in [3.63, 3.8) is 0 Å². The molecule has 0 fully saturated rings. The van der Waals surface area contributed by atoms with E-state index in [1.807, 2.05) is 0 Å². The summed E-state index contributed by atoms with van der Waals surface area (Å²) in [5, 5.41) is 0. The molecule has 0 aliphatic heterocycles. The van der Waals surface area contributed by atoms with Gasteiger partial charge in [0.25, 0.3) is 0 Å². The van der Waals surface area contributed by atoms with Gasteiger partial charge < -0.3 is 4.74 Å². The van der Waals surface area contributed by atoms with Gasteiger partial charge in [-0.25, -0.2) is 0 Å². The monoisotopic (exact) mass is 180 g/mol. The second-order valence-corrected chi connectivity index (χ2v) is 3.21. The van der Waals surface area contributed by atoms with Gasteiger partial charge in [0.2, 0.25) is 0 Å². The van der Waals surface area contributed by atoms with Gasteiger partial charge in [0.1, 0.15) is 5.41 Å². The zero-order valence-electron chi connectivity index (χ0n) is 7.94. The van der Waals surface area contributed by atoms with Crippen LogP contribution in [0.1, 0.15) is 19.5 Å². The van der Waals surface area contributed by atoms with Crippen LogP contribution in [-0.2, 0) is 14.9 Å². The molecule has 0 N–H and O–H groups in total. The van der Waals surface area contributed by atoms with Gasteiger partial charge in [-0.2, -0.15) is 0 Å². The molecule has 0 aliphatic rings. The molecule has 4 heteroatoms. The van der Waals surface area contributed by atoms with E-state index in [0.29, 0.717) is 5.69 Å². The number of esters is 1. The zero-order valence-corrected chi connectivity index (χ0v) is 7.94. The summed E-state index contributed by atoms with van der Waals surface area (Å²) in [5.41, 5.74) is -0.120. The average molecular weight is 180 g/mol. The Hall–Kier alpha value is -1.45. The van der Waals surface area contributed by atoms with E-state index in [0.717, 1.165) is 0 Å². The first kappa shape index (κ1) is 9.64. The maximum Gasteiger partial charge on any atom is 0.317 e. The maximum atomic E-state index is 11.3. The van der Waals surface area contributed by atoms with Gasteiger partial charge in [-0.3, -0.25) is 14.8 Å². The Kier molecular flexibility index (Phi) is 2.60. The topological polar surface area (TPSA) is 52.1 Å². The molecule has 0 spiro atoms. The molecule has 0 atom stereocenters. The number of carbonyl (C=O) groups excluding carboxylic acids is 1. The van der Waals surface area contributed by atoms with Gasteiger partial charge in [0.05, 0.1) is 12.8 Å². The molecule has 1 aromatic heterocycles. The van der Waals surface area contributed by atoms with E-state index in [9.17, 15) is 4.79 Å². The van der Waals surface area contributed by atoms with Crippen molar-refractivity contribution in [1.82, 2.24) is 9.97 Å². The number of ether oxygens (including phenoxy) is 1. The summed E-state index contributed by atoms with van der Waals surface area (Å²) in [6.45, 7) is 3.51. The van der Waals surface area contributed by atoms with Gasteiger partial charge in [-0.15, -0.1) is 0 Å². The van der Waals surface area contributed by atoms with Crippen molar-refractivity contribution in [3.05, 3.63) is 24.3 Å². The lowest BCUT2D eigenvalue weighted by Crippen LogP contribution is -2.31. The highest BCUT2D eigenvalue weighted by molar-refractivity contribution is 5.81. The van der Waals surface area contributed by atoms with Crippen molar-refractivity contribution in [2.24, 2.45) is 0 Å². The summed E-state index contributed by atoms with van der Waals surface area (Å²) in [5.74, 6) is -0.312. The normalized spacial score (nSPS) is 11.0. The predicted molar refractivity (Wildman–Crippen MR) is 47.1 cm³/mol. The lowest BCUT2D eigenvalue weighted by Gasteiger charge is -2.19. The second kappa shape index (κ2) is 3.51. The standard InChI is InChI=1S/C9H12N2O2/c1-9(2,8(12)13-3)7-6-10-4-5-11-7/h4-6H,1-3H3. The van der Waals surface area contributed by atoms with E-state index >= 15 is 0 Å². The molecule has 0 saturated carbocycles. The fraction of sp³-hybridized carbons (Fsp3) is 0.444. The van der Waals surface area contributed by atoms with Crippen molar-refractivity contribution in [3.8, 4) is 0 Å². The van der Waals surface area contributed by atoms with Crippen molar-refractivity contribution in [2.45, 2.75) is 19.3 Å². The van der Waals surface area contributed by atoms with Crippen LogP contribution in [0.4, 0.5) is 0 Å². The number of rotatable bonds is 2. The molecule has 4 nitrogen and oxygen atoms in total. The molecule has 1 heterocycles. The summed E-state index contributed by atoms with van der Waals surface area (Å²) in [4.78, 5) is 19.3. The first-order valence-electron chi connectivity index (χ1n) is 3.94. The largest absolute Gasteiger partial charge is 0.468 e. The van der Waals surface area contributed by atoms with Crippen LogP contribution in [0.25, 0.3) is 0 Å². The van der Waals surface area contributed by atoms with Crippen molar-refractivity contribution in [1.29, 1.82) is 0 Å². The second-order valence-electron chi connectivity index (χ2n) is 3.21. The van der Waals surface area contributed by atoms with Crippen LogP contribution in [0.2, 0.25) is 0 Å². The van der Waals surface area contributed by atoms with Gasteiger partial charge in [-0.05, 0) is 13.8 Å². The van der Waals surface area contributed by atoms with Crippen LogP contribution in [0.3, 0.4) is 0 Å². The minimum absolute atomic E-state index is 0.312. The Morgan fingerprint density at radius 1 is 1.46 bits per heavy atom. The van der Waals surface area contributed by atoms with Crippen molar-refractivity contribution >= 4 is 5.97 Å². The molecule has 1 aromatic rings. The van der Waals surface area contributed by atoms with Crippen LogP contribution in [0.15, 0.2) is 18.6 Å². The molecular formula is C9H12N2O2. The third-order valence-electron chi connectivity index (χ3n) is 1.90. The minimum Gasteiger partial charge on any atom is -0.468 e. The Bertz CT molecular complexity index is 296. The van der Waals surface area contributed by atoms with Gasteiger partial charge >= 0.3 is 5.97 Å². The fourth-order valence-electron chi connectivity index (χ4n) is 0.982. The van der Waals surface area contributed by atoms with Gasteiger partial charge in [-0.1, -0.05) is 0 Å². The van der Waals surface area contributed by atoms with Gasteiger partial charge in [0, 0.05) is 18.6 Å². The summed E-state index contributed by atoms with van der Waals surface area (Å²) in [7, 11) is 1.36. The van der Waals surface area contributed by atoms with E-state index in [2.05, 4.69) is 14.7 Å². The van der Waals surface area contributed by atoms with Crippen LogP contribution in [0.5, 0.6) is 0 Å². The number of hydrogen-bond donors (Lipinski definition) is 0. The molecule has 0 aliphatic carbocycles. The van der Waals surface area contributed by atoms with E-state index in [1.165, 1.54) is 7.11 Å². The molecule has 0 radical (unpaired) electrons. The molecule has 0 aromatic carbocycles. The first-order chi connectivity index (χ1) is 6.09. The summed E-state index contributed by atoms with van der Waals surface area (Å²) >= 11 is 0. The Morgan fingerprint density at radius 2 is 2.15 bits per heavy atom.